The minimum Gasteiger partial charge on any atom is -0.482 e. The predicted octanol–water partition coefficient (Wildman–Crippen LogP) is 2.10. The highest BCUT2D eigenvalue weighted by atomic mass is 35.5. The van der Waals surface area contributed by atoms with Crippen LogP contribution in [0.3, 0.4) is 0 Å². The van der Waals surface area contributed by atoms with Gasteiger partial charge < -0.3 is 9.47 Å². The number of hydrogen-bond donors (Lipinski definition) is 0. The summed E-state index contributed by atoms with van der Waals surface area (Å²) in [6.45, 7) is 1.21. The lowest BCUT2D eigenvalue weighted by Gasteiger charge is -2.07. The van der Waals surface area contributed by atoms with Gasteiger partial charge in [0.25, 0.3) is 5.69 Å². The maximum absolute atomic E-state index is 11.1. The second-order valence-electron chi connectivity index (χ2n) is 3.07. The molecule has 0 aliphatic carbocycles. The number of nitro groups is 1. The van der Waals surface area contributed by atoms with Crippen molar-refractivity contribution in [2.24, 2.45) is 0 Å². The summed E-state index contributed by atoms with van der Waals surface area (Å²) in [7, 11) is 0. The van der Waals surface area contributed by atoms with Crippen LogP contribution in [-0.4, -0.2) is 23.1 Å². The summed E-state index contributed by atoms with van der Waals surface area (Å²) in [5.41, 5.74) is -0.766. The molecule has 0 saturated heterocycles. The zero-order valence-corrected chi connectivity index (χ0v) is 9.72. The number of ether oxygens (including phenoxy) is 2. The van der Waals surface area contributed by atoms with Gasteiger partial charge in [-0.2, -0.15) is 0 Å². The summed E-state index contributed by atoms with van der Waals surface area (Å²) in [6.07, 6.45) is 0. The standard InChI is InChI=1S/C10H10ClNO5/c1-7(11)17-10(13)6-16-9-4-2-8(3-5-9)12(14)15/h2-5,7H,6H2,1H3. The van der Waals surface area contributed by atoms with Crippen molar-refractivity contribution in [1.82, 2.24) is 0 Å². The second-order valence-corrected chi connectivity index (χ2v) is 3.69. The van der Waals surface area contributed by atoms with E-state index in [0.29, 0.717) is 5.75 Å². The molecule has 0 bridgehead atoms. The molecule has 0 heterocycles. The molecule has 0 radical (unpaired) electrons. The fourth-order valence-electron chi connectivity index (χ4n) is 1.02. The Morgan fingerprint density at radius 1 is 1.47 bits per heavy atom. The van der Waals surface area contributed by atoms with E-state index in [4.69, 9.17) is 16.3 Å². The Kier molecular flexibility index (Phi) is 4.71. The van der Waals surface area contributed by atoms with Gasteiger partial charge in [-0.15, -0.1) is 0 Å². The predicted molar refractivity (Wildman–Crippen MR) is 60.0 cm³/mol. The van der Waals surface area contributed by atoms with Gasteiger partial charge in [-0.05, 0) is 19.1 Å². The van der Waals surface area contributed by atoms with Crippen molar-refractivity contribution in [1.29, 1.82) is 0 Å². The van der Waals surface area contributed by atoms with E-state index >= 15 is 0 Å². The molecule has 0 amide bonds. The van der Waals surface area contributed by atoms with Crippen molar-refractivity contribution in [3.05, 3.63) is 34.4 Å². The third kappa shape index (κ3) is 4.69. The third-order valence-electron chi connectivity index (χ3n) is 1.70. The first-order valence-electron chi connectivity index (χ1n) is 4.70. The van der Waals surface area contributed by atoms with Gasteiger partial charge in [0.2, 0.25) is 0 Å². The lowest BCUT2D eigenvalue weighted by molar-refractivity contribution is -0.384. The topological polar surface area (TPSA) is 78.7 Å². The van der Waals surface area contributed by atoms with Crippen molar-refractivity contribution in [2.45, 2.75) is 12.5 Å². The highest BCUT2D eigenvalue weighted by Gasteiger charge is 2.09. The highest BCUT2D eigenvalue weighted by Crippen LogP contribution is 2.17. The van der Waals surface area contributed by atoms with Crippen LogP contribution in [0.4, 0.5) is 5.69 Å². The Labute approximate surface area is 102 Å². The first kappa shape index (κ1) is 13.2. The number of hydrogen-bond acceptors (Lipinski definition) is 5. The molecule has 1 unspecified atom stereocenters. The summed E-state index contributed by atoms with van der Waals surface area (Å²) >= 11 is 5.44. The van der Waals surface area contributed by atoms with Crippen LogP contribution in [0.15, 0.2) is 24.3 Å². The van der Waals surface area contributed by atoms with Crippen molar-refractivity contribution in [3.63, 3.8) is 0 Å². The first-order valence-corrected chi connectivity index (χ1v) is 5.13. The molecule has 1 rings (SSSR count). The highest BCUT2D eigenvalue weighted by molar-refractivity contribution is 6.19. The number of halogens is 1. The quantitative estimate of drug-likeness (QED) is 0.350. The van der Waals surface area contributed by atoms with E-state index in [2.05, 4.69) is 4.74 Å². The van der Waals surface area contributed by atoms with Crippen LogP contribution in [0, 0.1) is 10.1 Å². The van der Waals surface area contributed by atoms with Gasteiger partial charge in [-0.1, -0.05) is 11.6 Å². The van der Waals surface area contributed by atoms with Crippen LogP contribution in [0.1, 0.15) is 6.92 Å². The largest absolute Gasteiger partial charge is 0.482 e. The van der Waals surface area contributed by atoms with E-state index < -0.39 is 16.5 Å². The summed E-state index contributed by atoms with van der Waals surface area (Å²) in [5.74, 6) is -0.263. The van der Waals surface area contributed by atoms with E-state index in [1.165, 1.54) is 31.2 Å². The lowest BCUT2D eigenvalue weighted by atomic mass is 10.3. The molecule has 1 aromatic carbocycles. The minimum absolute atomic E-state index is 0.0469. The molecule has 7 heteroatoms. The average molecular weight is 260 g/mol. The van der Waals surface area contributed by atoms with E-state index in [1.807, 2.05) is 0 Å². The normalized spacial score (nSPS) is 11.6. The fraction of sp³-hybridized carbons (Fsp3) is 0.300. The fourth-order valence-corrected chi connectivity index (χ4v) is 1.12. The van der Waals surface area contributed by atoms with Gasteiger partial charge in [0.1, 0.15) is 5.75 Å². The molecule has 0 N–H and O–H groups in total. The van der Waals surface area contributed by atoms with Crippen molar-refractivity contribution in [3.8, 4) is 5.75 Å². The van der Waals surface area contributed by atoms with Crippen LogP contribution in [-0.2, 0) is 9.53 Å². The Hall–Kier alpha value is -1.82. The number of benzene rings is 1. The number of non-ortho nitro benzene ring substituents is 1. The molecule has 0 aliphatic rings. The van der Waals surface area contributed by atoms with Crippen molar-refractivity contribution < 1.29 is 19.2 Å². The van der Waals surface area contributed by atoms with E-state index in [9.17, 15) is 14.9 Å². The zero-order valence-electron chi connectivity index (χ0n) is 8.96. The number of carbonyl (C=O) groups is 1. The van der Waals surface area contributed by atoms with Gasteiger partial charge in [-0.3, -0.25) is 10.1 Å². The monoisotopic (exact) mass is 259 g/mol. The number of nitrogens with zero attached hydrogens (tertiary/aromatic N) is 1. The average Bonchev–Trinajstić information content (AvgIpc) is 2.26. The lowest BCUT2D eigenvalue weighted by Crippen LogP contribution is -2.17. The van der Waals surface area contributed by atoms with Gasteiger partial charge >= 0.3 is 5.97 Å². The summed E-state index contributed by atoms with van der Waals surface area (Å²) in [5, 5.41) is 10.4. The van der Waals surface area contributed by atoms with Crippen molar-refractivity contribution >= 4 is 23.3 Å². The second kappa shape index (κ2) is 6.05. The molecule has 17 heavy (non-hydrogen) atoms. The Balaban J connectivity index is 2.47. The van der Waals surface area contributed by atoms with E-state index in [1.54, 1.807) is 0 Å². The van der Waals surface area contributed by atoms with Crippen molar-refractivity contribution in [2.75, 3.05) is 6.61 Å². The number of esters is 1. The van der Waals surface area contributed by atoms with Crippen LogP contribution in [0.5, 0.6) is 5.75 Å². The molecule has 0 spiro atoms. The summed E-state index contributed by atoms with van der Waals surface area (Å²) in [6, 6.07) is 5.36. The summed E-state index contributed by atoms with van der Waals surface area (Å²) < 4.78 is 9.67. The SMILES string of the molecule is CC(Cl)OC(=O)COc1ccc([N+](=O)[O-])cc1. The van der Waals surface area contributed by atoms with Gasteiger partial charge in [0, 0.05) is 12.1 Å². The van der Waals surface area contributed by atoms with E-state index in [0.717, 1.165) is 0 Å². The zero-order chi connectivity index (χ0) is 12.8. The first-order chi connectivity index (χ1) is 7.99. The van der Waals surface area contributed by atoms with Gasteiger partial charge in [0.05, 0.1) is 4.92 Å². The van der Waals surface area contributed by atoms with Gasteiger partial charge in [0.15, 0.2) is 12.2 Å². The van der Waals surface area contributed by atoms with Crippen LogP contribution >= 0.6 is 11.6 Å². The Morgan fingerprint density at radius 3 is 2.53 bits per heavy atom. The molecule has 0 fully saturated rings. The smallest absolute Gasteiger partial charge is 0.345 e. The molecule has 0 aliphatic heterocycles. The molecule has 1 atom stereocenters. The van der Waals surface area contributed by atoms with Crippen LogP contribution in [0.25, 0.3) is 0 Å². The van der Waals surface area contributed by atoms with E-state index in [-0.39, 0.29) is 12.3 Å². The molecule has 0 saturated carbocycles. The molecule has 92 valence electrons. The minimum atomic E-state index is -0.719. The number of carbonyl (C=O) groups excluding carboxylic acids is 1. The molecular formula is C10H10ClNO5. The summed E-state index contributed by atoms with van der Waals surface area (Å²) in [4.78, 5) is 20.9. The molecular weight excluding hydrogens is 250 g/mol. The number of rotatable bonds is 5. The van der Waals surface area contributed by atoms with Crippen LogP contribution < -0.4 is 4.74 Å². The Morgan fingerprint density at radius 2 is 2.06 bits per heavy atom. The molecule has 1 aromatic rings. The molecule has 0 aromatic heterocycles. The molecule has 6 nitrogen and oxygen atoms in total. The van der Waals surface area contributed by atoms with Gasteiger partial charge in [-0.25, -0.2) is 4.79 Å². The number of nitro benzene ring substituents is 1. The maximum atomic E-state index is 11.1. The maximum Gasteiger partial charge on any atom is 0.345 e. The van der Waals surface area contributed by atoms with Crippen LogP contribution in [0.2, 0.25) is 0 Å². The third-order valence-corrected chi connectivity index (χ3v) is 1.79. The number of alkyl halides is 1. The Bertz CT molecular complexity index is 404.